The zero-order valence-corrected chi connectivity index (χ0v) is 14.4. The fraction of sp³-hybridized carbons (Fsp3) is 0.200. The standard InChI is InChI=1S/C15H13BrCl2OS/c16-11-4-2-5-13(8-11)20-9-12(19)7-10-3-1-6-14(17)15(10)18/h1-6,8,12,19H,7,9H2. The van der Waals surface area contributed by atoms with Gasteiger partial charge in [0.1, 0.15) is 0 Å². The minimum atomic E-state index is -0.463. The summed E-state index contributed by atoms with van der Waals surface area (Å²) in [4.78, 5) is 1.12. The smallest absolute Gasteiger partial charge is 0.0674 e. The lowest BCUT2D eigenvalue weighted by Crippen LogP contribution is -2.13. The molecule has 2 aromatic rings. The van der Waals surface area contributed by atoms with Crippen molar-refractivity contribution in [2.24, 2.45) is 0 Å². The molecule has 2 aromatic carbocycles. The molecule has 5 heteroatoms. The van der Waals surface area contributed by atoms with Gasteiger partial charge in [0.25, 0.3) is 0 Å². The molecular weight excluding hydrogens is 379 g/mol. The van der Waals surface area contributed by atoms with Crippen LogP contribution in [0, 0.1) is 0 Å². The fourth-order valence-electron chi connectivity index (χ4n) is 1.77. The van der Waals surface area contributed by atoms with Crippen LogP contribution in [0.3, 0.4) is 0 Å². The highest BCUT2D eigenvalue weighted by atomic mass is 79.9. The molecule has 0 radical (unpaired) electrons. The third kappa shape index (κ3) is 4.68. The number of halogens is 3. The highest BCUT2D eigenvalue weighted by Crippen LogP contribution is 2.28. The third-order valence-electron chi connectivity index (χ3n) is 2.73. The van der Waals surface area contributed by atoms with Gasteiger partial charge in [-0.25, -0.2) is 0 Å². The molecule has 0 saturated carbocycles. The van der Waals surface area contributed by atoms with Crippen LogP contribution in [0.5, 0.6) is 0 Å². The number of aliphatic hydroxyl groups is 1. The van der Waals surface area contributed by atoms with Crippen LogP contribution in [-0.4, -0.2) is 17.0 Å². The minimum Gasteiger partial charge on any atom is -0.392 e. The molecule has 1 N–H and O–H groups in total. The van der Waals surface area contributed by atoms with Crippen molar-refractivity contribution in [3.05, 3.63) is 62.5 Å². The Balaban J connectivity index is 1.92. The molecule has 0 saturated heterocycles. The Morgan fingerprint density at radius 3 is 2.65 bits per heavy atom. The van der Waals surface area contributed by atoms with Crippen LogP contribution >= 0.6 is 50.9 Å². The van der Waals surface area contributed by atoms with E-state index in [1.807, 2.05) is 36.4 Å². The van der Waals surface area contributed by atoms with Crippen LogP contribution in [0.4, 0.5) is 0 Å². The molecule has 0 aliphatic rings. The van der Waals surface area contributed by atoms with Gasteiger partial charge in [0.15, 0.2) is 0 Å². The first kappa shape index (κ1) is 16.2. The van der Waals surface area contributed by atoms with Gasteiger partial charge >= 0.3 is 0 Å². The Kier molecular flexibility index (Phi) is 6.24. The lowest BCUT2D eigenvalue weighted by Gasteiger charge is -2.12. The Morgan fingerprint density at radius 2 is 1.90 bits per heavy atom. The molecule has 0 heterocycles. The van der Waals surface area contributed by atoms with E-state index >= 15 is 0 Å². The lowest BCUT2D eigenvalue weighted by molar-refractivity contribution is 0.200. The summed E-state index contributed by atoms with van der Waals surface area (Å²) in [7, 11) is 0. The predicted molar refractivity (Wildman–Crippen MR) is 91.0 cm³/mol. The molecule has 0 aliphatic carbocycles. The molecule has 106 valence electrons. The maximum absolute atomic E-state index is 10.1. The molecule has 0 amide bonds. The Hall–Kier alpha value is -0.190. The number of hydrogen-bond acceptors (Lipinski definition) is 2. The topological polar surface area (TPSA) is 20.2 Å². The van der Waals surface area contributed by atoms with Crippen LogP contribution in [0.1, 0.15) is 5.56 Å². The lowest BCUT2D eigenvalue weighted by atomic mass is 10.1. The number of thioether (sulfide) groups is 1. The van der Waals surface area contributed by atoms with Gasteiger partial charge in [-0.3, -0.25) is 0 Å². The summed E-state index contributed by atoms with van der Waals surface area (Å²) in [6.07, 6.45) is 0.0374. The first-order valence-corrected chi connectivity index (χ1v) is 8.59. The van der Waals surface area contributed by atoms with Crippen LogP contribution in [0.2, 0.25) is 10.0 Å². The molecule has 2 rings (SSSR count). The molecule has 0 spiro atoms. The molecular formula is C15H13BrCl2OS. The maximum atomic E-state index is 10.1. The number of hydrogen-bond donors (Lipinski definition) is 1. The molecule has 1 atom stereocenters. The molecule has 1 nitrogen and oxygen atoms in total. The fourth-order valence-corrected chi connectivity index (χ4v) is 3.60. The Morgan fingerprint density at radius 1 is 1.15 bits per heavy atom. The summed E-state index contributed by atoms with van der Waals surface area (Å²) in [5, 5.41) is 11.2. The van der Waals surface area contributed by atoms with Crippen LogP contribution < -0.4 is 0 Å². The average molecular weight is 392 g/mol. The van der Waals surface area contributed by atoms with Gasteiger partial charge in [-0.05, 0) is 29.8 Å². The Labute approximate surface area is 141 Å². The minimum absolute atomic E-state index is 0.463. The second-order valence-electron chi connectivity index (χ2n) is 4.34. The van der Waals surface area contributed by atoms with Gasteiger partial charge in [-0.2, -0.15) is 0 Å². The third-order valence-corrected chi connectivity index (χ3v) is 5.22. The van der Waals surface area contributed by atoms with Crippen molar-refractivity contribution >= 4 is 50.9 Å². The van der Waals surface area contributed by atoms with Crippen molar-refractivity contribution in [2.75, 3.05) is 5.75 Å². The first-order valence-electron chi connectivity index (χ1n) is 6.05. The van der Waals surface area contributed by atoms with E-state index in [-0.39, 0.29) is 0 Å². The van der Waals surface area contributed by atoms with Crippen molar-refractivity contribution < 1.29 is 5.11 Å². The monoisotopic (exact) mass is 390 g/mol. The largest absolute Gasteiger partial charge is 0.392 e. The van der Waals surface area contributed by atoms with E-state index < -0.39 is 6.10 Å². The number of rotatable bonds is 5. The summed E-state index contributed by atoms with van der Waals surface area (Å²) in [5.41, 5.74) is 0.876. The zero-order valence-electron chi connectivity index (χ0n) is 10.5. The normalized spacial score (nSPS) is 12.4. The van der Waals surface area contributed by atoms with E-state index in [1.165, 1.54) is 0 Å². The second kappa shape index (κ2) is 7.71. The van der Waals surface area contributed by atoms with Gasteiger partial charge in [-0.15, -0.1) is 11.8 Å². The molecule has 0 bridgehead atoms. The summed E-state index contributed by atoms with van der Waals surface area (Å²) in [6, 6.07) is 13.5. The molecule has 1 unspecified atom stereocenters. The van der Waals surface area contributed by atoms with E-state index in [9.17, 15) is 5.11 Å². The van der Waals surface area contributed by atoms with Gasteiger partial charge in [0, 0.05) is 21.5 Å². The second-order valence-corrected chi connectivity index (χ2v) is 7.13. The van der Waals surface area contributed by atoms with Crippen LogP contribution in [0.25, 0.3) is 0 Å². The van der Waals surface area contributed by atoms with Crippen LogP contribution in [-0.2, 0) is 6.42 Å². The summed E-state index contributed by atoms with van der Waals surface area (Å²) >= 11 is 17.1. The zero-order chi connectivity index (χ0) is 14.5. The molecule has 0 aliphatic heterocycles. The van der Waals surface area contributed by atoms with E-state index in [0.717, 1.165) is 14.9 Å². The highest BCUT2D eigenvalue weighted by molar-refractivity contribution is 9.10. The van der Waals surface area contributed by atoms with Gasteiger partial charge in [-0.1, -0.05) is 57.3 Å². The van der Waals surface area contributed by atoms with Gasteiger partial charge < -0.3 is 5.11 Å². The molecule has 20 heavy (non-hydrogen) atoms. The predicted octanol–water partition coefficient (Wildman–Crippen LogP) is 5.45. The summed E-state index contributed by atoms with van der Waals surface area (Å²) < 4.78 is 1.04. The quantitative estimate of drug-likeness (QED) is 0.683. The van der Waals surface area contributed by atoms with Crippen molar-refractivity contribution in [3.63, 3.8) is 0 Å². The van der Waals surface area contributed by atoms with Crippen molar-refractivity contribution in [1.82, 2.24) is 0 Å². The SMILES string of the molecule is OC(CSc1cccc(Br)c1)Cc1cccc(Cl)c1Cl. The van der Waals surface area contributed by atoms with Crippen molar-refractivity contribution in [3.8, 4) is 0 Å². The van der Waals surface area contributed by atoms with E-state index in [0.29, 0.717) is 22.2 Å². The number of aliphatic hydroxyl groups excluding tert-OH is 1. The Bertz CT molecular complexity index is 592. The van der Waals surface area contributed by atoms with E-state index in [1.54, 1.807) is 17.8 Å². The summed E-state index contributed by atoms with van der Waals surface area (Å²) in [6.45, 7) is 0. The van der Waals surface area contributed by atoms with E-state index in [4.69, 9.17) is 23.2 Å². The highest BCUT2D eigenvalue weighted by Gasteiger charge is 2.11. The van der Waals surface area contributed by atoms with Crippen molar-refractivity contribution in [1.29, 1.82) is 0 Å². The van der Waals surface area contributed by atoms with Gasteiger partial charge in [0.05, 0.1) is 16.1 Å². The first-order chi connectivity index (χ1) is 9.56. The van der Waals surface area contributed by atoms with E-state index in [2.05, 4.69) is 15.9 Å². The maximum Gasteiger partial charge on any atom is 0.0674 e. The molecule has 0 fully saturated rings. The summed E-state index contributed by atoms with van der Waals surface area (Å²) in [5.74, 6) is 0.610. The van der Waals surface area contributed by atoms with Gasteiger partial charge in [0.2, 0.25) is 0 Å². The number of benzene rings is 2. The average Bonchev–Trinajstić information content (AvgIpc) is 2.42. The van der Waals surface area contributed by atoms with Crippen molar-refractivity contribution in [2.45, 2.75) is 17.4 Å². The molecule has 0 aromatic heterocycles. The van der Waals surface area contributed by atoms with Crippen LogP contribution in [0.15, 0.2) is 51.8 Å².